The standard InChI is InChI=1S/C21H26N4O2.C20H24N4O2.C20H24N4O.C19H21FN4O.C19H22N4O/c1-15(2)27-18-7-6-16-13-23-25(20(16)12-18)17-8-9-22-21(11-17)24-10-4-5-19(14-24)26-3;1-14(2)26-17-6-5-15-11-22-24(18(15)10-17)16-7-8-21-19(9-16)23-12-20(3,13-23)25-4;1-15(2)25-18-7-6-16-14-22-24(19(16)13-18)17-8-9-21-20(12-17)23-10-4-3-5-11-23;1-13(2)25-17-4-3-14-11-22-24(18(14)10-17)16-5-7-21-19(9-16)23-8-6-15(20)12-23;1-14(2)24-17-6-5-15-13-21-23(18(15)12-17)16-7-8-20-19(11-16)22-9-3-4-10-22/h6-9,11-13,15,19H,4-5,10,14H2,1-3H3;5-11,14H,12-13H2,1-4H3;6-9,12-15H,3-5,10-11H2,1-2H3;3-5,7,9-11,13,15H,6,8,12H2,1-2H3;5-8,11-14H,3-4,9-10H2,1-2H3/t;;;15-;/m...1./s1. The first-order valence-corrected chi connectivity index (χ1v) is 44.6. The highest BCUT2D eigenvalue weighted by atomic mass is 19.1. The van der Waals surface area contributed by atoms with Crippen molar-refractivity contribution in [3.8, 4) is 57.2 Å². The predicted octanol–water partition coefficient (Wildman–Crippen LogP) is 19.0. The molecular formula is C99H117FN20O7. The summed E-state index contributed by atoms with van der Waals surface area (Å²) in [6.07, 6.45) is 27.8. The Morgan fingerprint density at radius 2 is 0.591 bits per heavy atom. The Balaban J connectivity index is 0.000000117. The fourth-order valence-electron chi connectivity index (χ4n) is 16.7. The molecule has 0 saturated carbocycles. The molecular weight excluding hydrogens is 1600 g/mol. The molecule has 1 unspecified atom stereocenters. The van der Waals surface area contributed by atoms with E-state index in [0.29, 0.717) is 19.5 Å². The molecule has 15 aromatic rings. The maximum atomic E-state index is 13.5. The van der Waals surface area contributed by atoms with Crippen LogP contribution in [-0.2, 0) is 9.47 Å². The van der Waals surface area contributed by atoms with Gasteiger partial charge in [-0.15, -0.1) is 0 Å². The van der Waals surface area contributed by atoms with Crippen molar-refractivity contribution in [3.63, 3.8) is 0 Å². The van der Waals surface area contributed by atoms with Crippen LogP contribution in [0.3, 0.4) is 0 Å². The minimum absolute atomic E-state index is 0.0842. The number of hydrogen-bond acceptors (Lipinski definition) is 22. The number of methoxy groups -OCH3 is 2. The van der Waals surface area contributed by atoms with Gasteiger partial charge in [-0.25, -0.2) is 52.7 Å². The Morgan fingerprint density at radius 1 is 0.315 bits per heavy atom. The highest BCUT2D eigenvalue weighted by Crippen LogP contribution is 2.36. The van der Waals surface area contributed by atoms with Crippen LogP contribution >= 0.6 is 0 Å². The van der Waals surface area contributed by atoms with Crippen molar-refractivity contribution in [2.24, 2.45) is 0 Å². The summed E-state index contributed by atoms with van der Waals surface area (Å²) >= 11 is 0. The number of halogens is 1. The molecule has 2 atom stereocenters. The van der Waals surface area contributed by atoms with Gasteiger partial charge in [0.1, 0.15) is 64.0 Å². The molecule has 5 aliphatic heterocycles. The molecule has 127 heavy (non-hydrogen) atoms. The van der Waals surface area contributed by atoms with Gasteiger partial charge in [-0.05, 0) is 219 Å². The van der Waals surface area contributed by atoms with E-state index in [1.807, 2.05) is 256 Å². The first-order chi connectivity index (χ1) is 61.6. The molecule has 0 bridgehead atoms. The molecule has 10 aromatic heterocycles. The topological polar surface area (TPSA) is 234 Å². The second kappa shape index (κ2) is 39.7. The zero-order valence-corrected chi connectivity index (χ0v) is 75.2. The third-order valence-corrected chi connectivity index (χ3v) is 22.9. The van der Waals surface area contributed by atoms with Crippen molar-refractivity contribution >= 4 is 83.6 Å². The van der Waals surface area contributed by atoms with Gasteiger partial charge in [0.05, 0.1) is 136 Å². The summed E-state index contributed by atoms with van der Waals surface area (Å²) in [5.74, 6) is 9.02. The van der Waals surface area contributed by atoms with Crippen molar-refractivity contribution < 1.29 is 37.5 Å². The monoisotopic (exact) mass is 1720 g/mol. The van der Waals surface area contributed by atoms with Crippen LogP contribution < -0.4 is 48.2 Å². The molecule has 0 spiro atoms. The lowest BCUT2D eigenvalue weighted by Gasteiger charge is -2.47. The molecule has 662 valence electrons. The normalized spacial score (nSPS) is 16.3. The van der Waals surface area contributed by atoms with Crippen LogP contribution in [0.15, 0.2) is 214 Å². The minimum Gasteiger partial charge on any atom is -0.491 e. The van der Waals surface area contributed by atoms with E-state index in [2.05, 4.69) is 125 Å². The van der Waals surface area contributed by atoms with Crippen molar-refractivity contribution in [2.45, 2.75) is 176 Å². The molecule has 5 fully saturated rings. The number of piperidine rings is 2. The van der Waals surface area contributed by atoms with Crippen LogP contribution in [-0.4, -0.2) is 202 Å². The lowest BCUT2D eigenvalue weighted by atomic mass is 9.96. The fraction of sp³-hybridized carbons (Fsp3) is 0.394. The highest BCUT2D eigenvalue weighted by Gasteiger charge is 2.40. The minimum atomic E-state index is -0.772. The number of ether oxygens (including phenoxy) is 7. The molecule has 5 saturated heterocycles. The molecule has 27 nitrogen and oxygen atoms in total. The molecule has 5 aliphatic rings. The van der Waals surface area contributed by atoms with Crippen molar-refractivity contribution in [3.05, 3.63) is 214 Å². The van der Waals surface area contributed by atoms with E-state index < -0.39 is 6.17 Å². The summed E-state index contributed by atoms with van der Waals surface area (Å²) in [4.78, 5) is 33.8. The van der Waals surface area contributed by atoms with E-state index >= 15 is 0 Å². The summed E-state index contributed by atoms with van der Waals surface area (Å²) in [7, 11) is 3.54. The largest absolute Gasteiger partial charge is 0.491 e. The van der Waals surface area contributed by atoms with Gasteiger partial charge in [0.2, 0.25) is 0 Å². The third-order valence-electron chi connectivity index (χ3n) is 22.9. The lowest BCUT2D eigenvalue weighted by Crippen LogP contribution is -2.61. The van der Waals surface area contributed by atoms with Crippen LogP contribution in [0, 0.1) is 0 Å². The average Bonchev–Trinajstić information content (AvgIpc) is 1.46. The molecule has 5 aromatic carbocycles. The van der Waals surface area contributed by atoms with E-state index in [1.165, 1.54) is 32.1 Å². The lowest BCUT2D eigenvalue weighted by molar-refractivity contribution is -0.0171. The quantitative estimate of drug-likeness (QED) is 0.0613. The van der Waals surface area contributed by atoms with E-state index in [9.17, 15) is 4.39 Å². The summed E-state index contributed by atoms with van der Waals surface area (Å²) in [6.45, 7) is 31.4. The Morgan fingerprint density at radius 3 is 0.866 bits per heavy atom. The van der Waals surface area contributed by atoms with Crippen LogP contribution in [0.1, 0.15) is 128 Å². The van der Waals surface area contributed by atoms with E-state index in [4.69, 9.17) is 33.2 Å². The highest BCUT2D eigenvalue weighted by molar-refractivity contribution is 5.86. The van der Waals surface area contributed by atoms with Gasteiger partial charge in [-0.1, -0.05) is 0 Å². The van der Waals surface area contributed by atoms with Crippen molar-refractivity contribution in [2.75, 3.05) is 104 Å². The van der Waals surface area contributed by atoms with E-state index in [-0.39, 0.29) is 42.2 Å². The van der Waals surface area contributed by atoms with Gasteiger partial charge in [0.25, 0.3) is 0 Å². The van der Waals surface area contributed by atoms with Gasteiger partial charge >= 0.3 is 0 Å². The molecule has 0 N–H and O–H groups in total. The Kier molecular flexibility index (Phi) is 27.4. The molecule has 0 aliphatic carbocycles. The molecule has 28 heteroatoms. The average molecular weight is 1720 g/mol. The molecule has 0 radical (unpaired) electrons. The Bertz CT molecular complexity index is 6050. The van der Waals surface area contributed by atoms with E-state index in [1.54, 1.807) is 20.4 Å². The number of rotatable bonds is 22. The predicted molar refractivity (Wildman–Crippen MR) is 502 cm³/mol. The second-order valence-electron chi connectivity index (χ2n) is 34.6. The molecule has 20 rings (SSSR count). The number of hydrogen-bond donors (Lipinski definition) is 0. The molecule has 15 heterocycles. The number of alkyl halides is 1. The first kappa shape index (κ1) is 87.5. The zero-order valence-electron chi connectivity index (χ0n) is 75.2. The maximum absolute atomic E-state index is 13.5. The van der Waals surface area contributed by atoms with Crippen molar-refractivity contribution in [1.29, 1.82) is 0 Å². The number of aromatic nitrogens is 15. The Hall–Kier alpha value is -13.0. The summed E-state index contributed by atoms with van der Waals surface area (Å²) in [5, 5.41) is 28.2. The molecule has 0 amide bonds. The van der Waals surface area contributed by atoms with Gasteiger partial charge in [0.15, 0.2) is 0 Å². The van der Waals surface area contributed by atoms with Crippen LogP contribution in [0.4, 0.5) is 33.5 Å². The second-order valence-corrected chi connectivity index (χ2v) is 34.6. The Labute approximate surface area is 741 Å². The van der Waals surface area contributed by atoms with Gasteiger partial charge in [-0.2, -0.15) is 25.5 Å². The number of pyridine rings is 5. The van der Waals surface area contributed by atoms with Crippen molar-refractivity contribution in [1.82, 2.24) is 73.8 Å². The summed E-state index contributed by atoms with van der Waals surface area (Å²) < 4.78 is 63.4. The van der Waals surface area contributed by atoms with Gasteiger partial charge in [0, 0.05) is 192 Å². The third kappa shape index (κ3) is 21.3. The van der Waals surface area contributed by atoms with Crippen LogP contribution in [0.25, 0.3) is 83.0 Å². The zero-order chi connectivity index (χ0) is 88.2. The summed E-state index contributed by atoms with van der Waals surface area (Å²) in [6, 6.07) is 50.6. The number of nitrogens with zero attached hydrogens (tertiary/aromatic N) is 20. The van der Waals surface area contributed by atoms with Crippen LogP contribution in [0.2, 0.25) is 0 Å². The SMILES string of the molecule is CC(C)Oc1ccc2cnn(-c3ccnc(N4CCCC4)c3)c2c1.CC(C)Oc1ccc2cnn(-c3ccnc(N4CCCCC4)c3)c2c1.CC(C)Oc1ccc2cnn(-c3ccnc(N4CC[C@@H](F)C4)c3)c2c1.COC1(C)CN(c2cc(-n3ncc4ccc(OC(C)C)cc43)ccn2)C1.COC1CCCN(c2cc(-n3ncc4ccc(OC(C)C)cc43)ccn2)C1. The van der Waals surface area contributed by atoms with Crippen LogP contribution in [0.5, 0.6) is 28.7 Å². The number of fused-ring (bicyclic) bond motifs is 5. The smallest absolute Gasteiger partial charge is 0.130 e. The van der Waals surface area contributed by atoms with Gasteiger partial charge < -0.3 is 57.7 Å². The van der Waals surface area contributed by atoms with Gasteiger partial charge in [-0.3, -0.25) is 0 Å². The summed E-state index contributed by atoms with van der Waals surface area (Å²) in [5.41, 5.74) is 9.98. The van der Waals surface area contributed by atoms with E-state index in [0.717, 1.165) is 206 Å². The number of anilines is 5. The fourth-order valence-corrected chi connectivity index (χ4v) is 16.7. The maximum Gasteiger partial charge on any atom is 0.130 e. The number of benzene rings is 5. The first-order valence-electron chi connectivity index (χ1n) is 44.6.